The van der Waals surface area contributed by atoms with E-state index in [2.05, 4.69) is 118 Å². The van der Waals surface area contributed by atoms with Crippen LogP contribution in [0.3, 0.4) is 0 Å². The summed E-state index contributed by atoms with van der Waals surface area (Å²) in [5.41, 5.74) is 1.24. The van der Waals surface area contributed by atoms with Crippen molar-refractivity contribution in [2.75, 3.05) is 20.6 Å². The van der Waals surface area contributed by atoms with E-state index in [0.29, 0.717) is 0 Å². The zero-order valence-corrected chi connectivity index (χ0v) is 34.2. The van der Waals surface area contributed by atoms with Gasteiger partial charge in [0, 0.05) is 37.4 Å². The Morgan fingerprint density at radius 1 is 0.676 bits per heavy atom. The van der Waals surface area contributed by atoms with Crippen molar-refractivity contribution in [1.29, 1.82) is 0 Å². The van der Waals surface area contributed by atoms with Crippen LogP contribution in [0, 0.1) is 32.6 Å². The van der Waals surface area contributed by atoms with E-state index >= 15 is 0 Å². The van der Waals surface area contributed by atoms with E-state index in [-0.39, 0.29) is 91.6 Å². The number of likely N-dealkylation sites (N-methyl/N-ethyl adjacent to an activating group) is 1. The molecule has 7 heteroatoms. The molecule has 0 aromatic carbocycles. The first-order chi connectivity index (χ1) is 13.0. The Hall–Kier alpha value is 1.40. The third-order valence-electron chi connectivity index (χ3n) is 1.27. The molecule has 0 aromatic rings. The molecule has 0 saturated carbocycles. The molecule has 200 valence electrons. The van der Waals surface area contributed by atoms with Gasteiger partial charge in [0.25, 0.3) is 0 Å². The summed E-state index contributed by atoms with van der Waals surface area (Å²) in [6.45, 7) is 33.2. The summed E-state index contributed by atoms with van der Waals surface area (Å²) in [7, 11) is 4.30. The first-order valence-corrected chi connectivity index (χ1v) is 16.5. The molecule has 0 aliphatic carbocycles. The van der Waals surface area contributed by atoms with E-state index in [9.17, 15) is 0 Å². The molecule has 34 heavy (non-hydrogen) atoms. The molecule has 2 nitrogen and oxygen atoms in total. The van der Waals surface area contributed by atoms with Crippen molar-refractivity contribution in [3.8, 4) is 0 Å². The fraction of sp³-hybridized carbons (Fsp3) is 0.667. The van der Waals surface area contributed by atoms with Crippen molar-refractivity contribution in [2.45, 2.75) is 102 Å². The van der Waals surface area contributed by atoms with Gasteiger partial charge in [-0.25, -0.2) is 0 Å². The standard InChI is InChI=1S/C7H11N2.3C4H9.2C3H9Si.2CH3.2Al.Sb.H/c1-9(2)7-3-5-8-6-4-7;5*1-4(2)3;;;;;;/h3-5H,6H2,1-2H3;5*1-3H3;2*1H3;;;;/q4*-1;;;2*-1;2*+3;;. The molecule has 1 heterocycles. The van der Waals surface area contributed by atoms with Gasteiger partial charge in [-0.3, -0.25) is 0 Å². The summed E-state index contributed by atoms with van der Waals surface area (Å²) in [5.74, 6) is 4.25. The van der Waals surface area contributed by atoms with Gasteiger partial charge in [0.1, 0.15) is 0 Å². The Morgan fingerprint density at radius 3 is 0.971 bits per heavy atom. The second-order valence-electron chi connectivity index (χ2n) is 9.70. The zero-order chi connectivity index (χ0) is 24.6. The van der Waals surface area contributed by atoms with Crippen molar-refractivity contribution in [1.82, 2.24) is 4.90 Å². The van der Waals surface area contributed by atoms with E-state index < -0.39 is 0 Å². The molecular formula is C27H63Al2N2SbSi2. The van der Waals surface area contributed by atoms with Gasteiger partial charge in [0.15, 0.2) is 0 Å². The molecule has 0 saturated heterocycles. The molecule has 1 aliphatic heterocycles. The van der Waals surface area contributed by atoms with E-state index in [0.717, 1.165) is 6.54 Å². The van der Waals surface area contributed by atoms with Crippen LogP contribution in [-0.4, -0.2) is 102 Å². The minimum atomic E-state index is 0. The molecule has 0 amide bonds. The Bertz CT molecular complexity index is 301. The monoisotopic (exact) mass is 646 g/mol. The van der Waals surface area contributed by atoms with Gasteiger partial charge >= 0.3 is 59.2 Å². The first kappa shape index (κ1) is 64.9. The summed E-state index contributed by atoms with van der Waals surface area (Å²) >= 11 is 0. The average molecular weight is 648 g/mol. The Morgan fingerprint density at radius 2 is 0.882 bits per heavy atom. The van der Waals surface area contributed by atoms with Crippen LogP contribution in [0.1, 0.15) is 62.3 Å². The fourth-order valence-electron chi connectivity index (χ4n) is 0.736. The van der Waals surface area contributed by atoms with E-state index in [1.165, 1.54) is 23.5 Å². The molecule has 0 fully saturated rings. The SMILES string of the molecule is CN(C)C1=CC[N-]C=C1.C[C-](C)C.C[C-](C)C.C[C-](C)C.C[Si](C)C.C[Si](C)C.[Al+3].[Al+3].[CH3-].[CH3-].[SbH]. The molecule has 0 unspecified atom stereocenters. The van der Waals surface area contributed by atoms with Gasteiger partial charge in [-0.2, -0.15) is 68.5 Å². The molecule has 0 atom stereocenters. The van der Waals surface area contributed by atoms with Crippen LogP contribution < -0.4 is 0 Å². The van der Waals surface area contributed by atoms with Gasteiger partial charge in [-0.05, 0) is 0 Å². The van der Waals surface area contributed by atoms with Crippen molar-refractivity contribution < 1.29 is 0 Å². The second kappa shape index (κ2) is 51.1. The zero-order valence-electron chi connectivity index (χ0n) is 27.0. The number of allylic oxidation sites excluding steroid dienone is 1. The Labute approximate surface area is 263 Å². The number of hydrogen-bond acceptors (Lipinski definition) is 1. The van der Waals surface area contributed by atoms with Crippen LogP contribution in [0.25, 0.3) is 5.32 Å². The van der Waals surface area contributed by atoms with Crippen LogP contribution in [0.4, 0.5) is 0 Å². The third kappa shape index (κ3) is 195. The molecule has 0 spiro atoms. The quantitative estimate of drug-likeness (QED) is 0.206. The average Bonchev–Trinajstić information content (AvgIpc) is 2.45. The Kier molecular flexibility index (Phi) is 97.6. The Balaban J connectivity index is -0.0000000258. The van der Waals surface area contributed by atoms with Crippen molar-refractivity contribution in [2.24, 2.45) is 0 Å². The number of rotatable bonds is 1. The van der Waals surface area contributed by atoms with Crippen molar-refractivity contribution >= 4 is 76.7 Å². The van der Waals surface area contributed by atoms with Crippen LogP contribution in [-0.2, 0) is 0 Å². The fourth-order valence-corrected chi connectivity index (χ4v) is 0.736. The molecule has 0 bridgehead atoms. The van der Waals surface area contributed by atoms with Crippen molar-refractivity contribution in [3.63, 3.8) is 0 Å². The predicted octanol–water partition coefficient (Wildman–Crippen LogP) is 8.43. The normalized spacial score (nSPS) is 9.65. The maximum absolute atomic E-state index is 4.03. The third-order valence-corrected chi connectivity index (χ3v) is 1.27. The molecule has 0 aromatic heterocycles. The molecule has 1 rings (SSSR count). The van der Waals surface area contributed by atoms with E-state index in [1.807, 2.05) is 26.4 Å². The van der Waals surface area contributed by atoms with Crippen LogP contribution in [0.5, 0.6) is 0 Å². The van der Waals surface area contributed by atoms with E-state index in [1.54, 1.807) is 0 Å². The summed E-state index contributed by atoms with van der Waals surface area (Å²) in [5, 5.41) is 4.03. The molecule has 0 N–H and O–H groups in total. The minimum absolute atomic E-state index is 0. The predicted molar refractivity (Wildman–Crippen MR) is 178 cm³/mol. The van der Waals surface area contributed by atoms with Crippen LogP contribution in [0.15, 0.2) is 24.0 Å². The molecular weight excluding hydrogens is 584 g/mol. The van der Waals surface area contributed by atoms with Crippen LogP contribution in [0.2, 0.25) is 39.3 Å². The summed E-state index contributed by atoms with van der Waals surface area (Å²) < 4.78 is 0. The second-order valence-corrected chi connectivity index (χ2v) is 15.7. The number of hydrogen-bond donors (Lipinski definition) is 0. The van der Waals surface area contributed by atoms with Gasteiger partial charge in [0.05, 0.1) is 0 Å². The molecule has 1 aliphatic rings. The topological polar surface area (TPSA) is 17.3 Å². The van der Waals surface area contributed by atoms with Gasteiger partial charge in [-0.15, -0.1) is 6.54 Å². The van der Waals surface area contributed by atoms with Crippen molar-refractivity contribution in [3.05, 3.63) is 62.0 Å². The van der Waals surface area contributed by atoms with Crippen LogP contribution >= 0.6 is 0 Å². The van der Waals surface area contributed by atoms with Gasteiger partial charge in [0.2, 0.25) is 0 Å². The summed E-state index contributed by atoms with van der Waals surface area (Å²) in [6.07, 6.45) is 5.94. The first-order valence-electron chi connectivity index (χ1n) is 10.5. The number of nitrogens with zero attached hydrogens (tertiary/aromatic N) is 2. The molecule has 4 radical (unpaired) electrons. The summed E-state index contributed by atoms with van der Waals surface area (Å²) in [6, 6.07) is 0. The van der Waals surface area contributed by atoms with E-state index in [4.69, 9.17) is 0 Å². The maximum atomic E-state index is 4.03. The summed E-state index contributed by atoms with van der Waals surface area (Å²) in [4.78, 5) is 2.07. The van der Waals surface area contributed by atoms with Gasteiger partial charge < -0.3 is 42.8 Å². The van der Waals surface area contributed by atoms with Gasteiger partial charge in [-0.1, -0.05) is 51.4 Å².